The van der Waals surface area contributed by atoms with Crippen LogP contribution < -0.4 is 10.6 Å². The minimum atomic E-state index is 0.0569. The van der Waals surface area contributed by atoms with E-state index in [1.54, 1.807) is 0 Å². The van der Waals surface area contributed by atoms with Gasteiger partial charge in [0, 0.05) is 30.0 Å². The Bertz CT molecular complexity index is 445. The van der Waals surface area contributed by atoms with Crippen molar-refractivity contribution in [2.24, 2.45) is 0 Å². The minimum Gasteiger partial charge on any atom is -0.398 e. The zero-order valence-electron chi connectivity index (χ0n) is 12.0. The summed E-state index contributed by atoms with van der Waals surface area (Å²) < 4.78 is 0. The second-order valence-corrected chi connectivity index (χ2v) is 4.83. The smallest absolute Gasteiger partial charge is 0.0606 e. The average Bonchev–Trinajstić information content (AvgIpc) is 2.38. The van der Waals surface area contributed by atoms with Crippen LogP contribution in [0.5, 0.6) is 0 Å². The summed E-state index contributed by atoms with van der Waals surface area (Å²) in [6, 6.07) is 5.81. The van der Waals surface area contributed by atoms with E-state index in [1.807, 2.05) is 30.0 Å². The molecule has 0 unspecified atom stereocenters. The minimum absolute atomic E-state index is 0.0569. The van der Waals surface area contributed by atoms with Crippen molar-refractivity contribution in [1.29, 1.82) is 0 Å². The Hall–Kier alpha value is -1.52. The predicted molar refractivity (Wildman–Crippen MR) is 81.2 cm³/mol. The molecule has 0 atom stereocenters. The van der Waals surface area contributed by atoms with E-state index < -0.39 is 0 Å². The van der Waals surface area contributed by atoms with Gasteiger partial charge in [0.1, 0.15) is 0 Å². The van der Waals surface area contributed by atoms with Crippen molar-refractivity contribution in [3.05, 3.63) is 29.3 Å². The van der Waals surface area contributed by atoms with E-state index in [2.05, 4.69) is 13.8 Å². The van der Waals surface area contributed by atoms with Crippen LogP contribution in [0.15, 0.2) is 23.8 Å². The highest BCUT2D eigenvalue weighted by molar-refractivity contribution is 5.78. The van der Waals surface area contributed by atoms with Crippen LogP contribution in [0, 0.1) is 0 Å². The normalized spacial score (nSPS) is 10.4. The molecule has 1 aromatic rings. The van der Waals surface area contributed by atoms with E-state index in [-0.39, 0.29) is 13.2 Å². The number of nitrogen functional groups attached to an aromatic ring is 1. The van der Waals surface area contributed by atoms with Crippen molar-refractivity contribution in [3.63, 3.8) is 0 Å². The van der Waals surface area contributed by atoms with E-state index in [0.29, 0.717) is 13.1 Å². The van der Waals surface area contributed by atoms with E-state index >= 15 is 0 Å². The molecule has 0 aromatic heterocycles. The molecule has 0 spiro atoms. The lowest BCUT2D eigenvalue weighted by molar-refractivity contribution is 0.281. The lowest BCUT2D eigenvalue weighted by atomic mass is 10.0. The van der Waals surface area contributed by atoms with Crippen molar-refractivity contribution >= 4 is 16.9 Å². The Kier molecular flexibility index (Phi) is 5.86. The first-order chi connectivity index (χ1) is 9.01. The average molecular weight is 264 g/mol. The Morgan fingerprint density at radius 3 is 2.16 bits per heavy atom. The molecule has 0 amide bonds. The zero-order valence-corrected chi connectivity index (χ0v) is 12.0. The zero-order chi connectivity index (χ0) is 14.4. The summed E-state index contributed by atoms with van der Waals surface area (Å²) in [4.78, 5) is 1.95. The summed E-state index contributed by atoms with van der Waals surface area (Å²) in [5.74, 6) is 0. The van der Waals surface area contributed by atoms with Crippen LogP contribution in [0.25, 0.3) is 5.57 Å². The molecule has 0 aliphatic carbocycles. The molecule has 19 heavy (non-hydrogen) atoms. The standard InChI is InChI=1S/C15H24N2O2/c1-11(2)12(3)14-10-13(4-5-15(14)16)17(6-8-18)7-9-19/h4-5,10,18-19H,6-9,16H2,1-3H3. The second kappa shape index (κ2) is 7.16. The molecule has 0 fully saturated rings. The molecule has 0 aliphatic heterocycles. The molecular formula is C15H24N2O2. The highest BCUT2D eigenvalue weighted by atomic mass is 16.3. The Balaban J connectivity index is 3.17. The predicted octanol–water partition coefficient (Wildman–Crippen LogP) is 1.87. The van der Waals surface area contributed by atoms with Crippen LogP contribution in [-0.4, -0.2) is 36.5 Å². The molecule has 0 saturated carbocycles. The first kappa shape index (κ1) is 15.5. The van der Waals surface area contributed by atoms with Crippen molar-refractivity contribution in [3.8, 4) is 0 Å². The molecule has 0 heterocycles. The van der Waals surface area contributed by atoms with E-state index in [9.17, 15) is 0 Å². The number of rotatable bonds is 6. The highest BCUT2D eigenvalue weighted by Crippen LogP contribution is 2.28. The maximum atomic E-state index is 9.09. The lowest BCUT2D eigenvalue weighted by Gasteiger charge is -2.24. The summed E-state index contributed by atoms with van der Waals surface area (Å²) in [6.07, 6.45) is 0. The molecule has 0 aliphatic rings. The number of anilines is 2. The Labute approximate surface area is 115 Å². The van der Waals surface area contributed by atoms with Crippen molar-refractivity contribution < 1.29 is 10.2 Å². The van der Waals surface area contributed by atoms with Gasteiger partial charge < -0.3 is 20.8 Å². The molecule has 0 bridgehead atoms. The van der Waals surface area contributed by atoms with Crippen molar-refractivity contribution in [2.45, 2.75) is 20.8 Å². The second-order valence-electron chi connectivity index (χ2n) is 4.83. The van der Waals surface area contributed by atoms with Gasteiger partial charge in [0.15, 0.2) is 0 Å². The summed E-state index contributed by atoms with van der Waals surface area (Å²) in [6.45, 7) is 7.27. The molecule has 1 aromatic carbocycles. The van der Waals surface area contributed by atoms with Crippen molar-refractivity contribution in [1.82, 2.24) is 0 Å². The number of nitrogens with two attached hydrogens (primary N) is 1. The van der Waals surface area contributed by atoms with Crippen LogP contribution in [0.1, 0.15) is 26.3 Å². The summed E-state index contributed by atoms with van der Waals surface area (Å²) in [5.41, 5.74) is 11.1. The number of aliphatic hydroxyl groups is 2. The topological polar surface area (TPSA) is 69.7 Å². The molecule has 1 rings (SSSR count). The quantitative estimate of drug-likeness (QED) is 0.686. The molecule has 4 heteroatoms. The lowest BCUT2D eigenvalue weighted by Crippen LogP contribution is -2.29. The Morgan fingerprint density at radius 1 is 1.11 bits per heavy atom. The number of benzene rings is 1. The van der Waals surface area contributed by atoms with Gasteiger partial charge in [0.05, 0.1) is 13.2 Å². The van der Waals surface area contributed by atoms with Gasteiger partial charge >= 0.3 is 0 Å². The van der Waals surface area contributed by atoms with Gasteiger partial charge in [-0.15, -0.1) is 0 Å². The van der Waals surface area contributed by atoms with Gasteiger partial charge in [-0.05, 0) is 44.5 Å². The summed E-state index contributed by atoms with van der Waals surface area (Å²) >= 11 is 0. The molecule has 106 valence electrons. The van der Waals surface area contributed by atoms with E-state index in [4.69, 9.17) is 15.9 Å². The van der Waals surface area contributed by atoms with Crippen LogP contribution in [0.2, 0.25) is 0 Å². The third kappa shape index (κ3) is 3.98. The maximum Gasteiger partial charge on any atom is 0.0606 e. The SMILES string of the molecule is CC(C)=C(C)c1cc(N(CCO)CCO)ccc1N. The van der Waals surface area contributed by atoms with Gasteiger partial charge in [-0.25, -0.2) is 0 Å². The fourth-order valence-electron chi connectivity index (χ4n) is 1.95. The summed E-state index contributed by atoms with van der Waals surface area (Å²) in [5, 5.41) is 18.2. The molecule has 0 saturated heterocycles. The van der Waals surface area contributed by atoms with Gasteiger partial charge in [-0.2, -0.15) is 0 Å². The monoisotopic (exact) mass is 264 g/mol. The van der Waals surface area contributed by atoms with Crippen LogP contribution in [0.3, 0.4) is 0 Å². The number of nitrogens with zero attached hydrogens (tertiary/aromatic N) is 1. The molecule has 0 radical (unpaired) electrons. The number of hydrogen-bond acceptors (Lipinski definition) is 4. The number of aliphatic hydroxyl groups excluding tert-OH is 2. The number of allylic oxidation sites excluding steroid dienone is 2. The van der Waals surface area contributed by atoms with E-state index in [1.165, 1.54) is 5.57 Å². The molecule has 4 N–H and O–H groups in total. The van der Waals surface area contributed by atoms with Crippen LogP contribution in [-0.2, 0) is 0 Å². The van der Waals surface area contributed by atoms with Crippen LogP contribution in [0.4, 0.5) is 11.4 Å². The number of hydrogen-bond donors (Lipinski definition) is 3. The Morgan fingerprint density at radius 2 is 1.68 bits per heavy atom. The molecule has 4 nitrogen and oxygen atoms in total. The third-order valence-electron chi connectivity index (χ3n) is 3.30. The highest BCUT2D eigenvalue weighted by Gasteiger charge is 2.09. The molecular weight excluding hydrogens is 240 g/mol. The first-order valence-electron chi connectivity index (χ1n) is 6.52. The van der Waals surface area contributed by atoms with Crippen LogP contribution >= 0.6 is 0 Å². The summed E-state index contributed by atoms with van der Waals surface area (Å²) in [7, 11) is 0. The maximum absolute atomic E-state index is 9.09. The van der Waals surface area contributed by atoms with E-state index in [0.717, 1.165) is 22.5 Å². The first-order valence-corrected chi connectivity index (χ1v) is 6.52. The largest absolute Gasteiger partial charge is 0.398 e. The third-order valence-corrected chi connectivity index (χ3v) is 3.30. The van der Waals surface area contributed by atoms with Crippen molar-refractivity contribution in [2.75, 3.05) is 36.9 Å². The fraction of sp³-hybridized carbons (Fsp3) is 0.467. The van der Waals surface area contributed by atoms with Gasteiger partial charge in [0.2, 0.25) is 0 Å². The van der Waals surface area contributed by atoms with Gasteiger partial charge in [0.25, 0.3) is 0 Å². The van der Waals surface area contributed by atoms with Gasteiger partial charge in [-0.3, -0.25) is 0 Å². The van der Waals surface area contributed by atoms with Gasteiger partial charge in [-0.1, -0.05) is 5.57 Å². The fourth-order valence-corrected chi connectivity index (χ4v) is 1.95.